The van der Waals surface area contributed by atoms with Crippen molar-refractivity contribution in [2.24, 2.45) is 0 Å². The molecule has 19 heavy (non-hydrogen) atoms. The first-order chi connectivity index (χ1) is 9.31. The van der Waals surface area contributed by atoms with Crippen LogP contribution in [0.4, 0.5) is 5.69 Å². The Morgan fingerprint density at radius 3 is 2.84 bits per heavy atom. The molecule has 3 aromatic rings. The molecule has 0 aliphatic rings. The Hall–Kier alpha value is -2.01. The number of nitrogen functional groups attached to an aromatic ring is 1. The number of nitrogens with one attached hydrogen (secondary N) is 1. The van der Waals surface area contributed by atoms with E-state index in [9.17, 15) is 0 Å². The largest absolute Gasteiger partial charge is 0.399 e. The molecule has 5 heteroatoms. The van der Waals surface area contributed by atoms with E-state index in [1.54, 1.807) is 11.8 Å². The van der Waals surface area contributed by atoms with Crippen LogP contribution >= 0.6 is 11.8 Å². The van der Waals surface area contributed by atoms with E-state index in [-0.39, 0.29) is 0 Å². The SMILES string of the molecule is Nc1ccc2nc(CCSc3ccncc3)[nH]c2c1. The van der Waals surface area contributed by atoms with E-state index in [0.717, 1.165) is 34.7 Å². The molecule has 0 fully saturated rings. The Labute approximate surface area is 115 Å². The highest BCUT2D eigenvalue weighted by molar-refractivity contribution is 7.99. The third-order valence-electron chi connectivity index (χ3n) is 2.81. The van der Waals surface area contributed by atoms with Crippen LogP contribution in [0.1, 0.15) is 5.82 Å². The van der Waals surface area contributed by atoms with Gasteiger partial charge in [0.25, 0.3) is 0 Å². The van der Waals surface area contributed by atoms with Crippen molar-refractivity contribution in [3.8, 4) is 0 Å². The number of hydrogen-bond acceptors (Lipinski definition) is 4. The van der Waals surface area contributed by atoms with Gasteiger partial charge in [0, 0.05) is 35.2 Å². The molecule has 0 radical (unpaired) electrons. The van der Waals surface area contributed by atoms with E-state index in [2.05, 4.69) is 15.0 Å². The maximum absolute atomic E-state index is 5.75. The van der Waals surface area contributed by atoms with E-state index < -0.39 is 0 Å². The zero-order valence-electron chi connectivity index (χ0n) is 10.3. The van der Waals surface area contributed by atoms with E-state index in [1.165, 1.54) is 4.90 Å². The molecule has 0 aliphatic heterocycles. The number of hydrogen-bond donors (Lipinski definition) is 2. The van der Waals surface area contributed by atoms with Crippen LogP contribution in [0.25, 0.3) is 11.0 Å². The van der Waals surface area contributed by atoms with Crippen LogP contribution in [0.3, 0.4) is 0 Å². The van der Waals surface area contributed by atoms with Gasteiger partial charge in [-0.05, 0) is 30.3 Å². The zero-order valence-corrected chi connectivity index (χ0v) is 11.2. The first-order valence-corrected chi connectivity index (χ1v) is 7.07. The van der Waals surface area contributed by atoms with Crippen LogP contribution in [0.5, 0.6) is 0 Å². The minimum absolute atomic E-state index is 0.758. The van der Waals surface area contributed by atoms with Gasteiger partial charge in [0.05, 0.1) is 11.0 Å². The van der Waals surface area contributed by atoms with Crippen LogP contribution in [0, 0.1) is 0 Å². The van der Waals surface area contributed by atoms with Crippen LogP contribution in [0.15, 0.2) is 47.6 Å². The molecule has 0 bridgehead atoms. The number of rotatable bonds is 4. The number of pyridine rings is 1. The second kappa shape index (κ2) is 5.32. The van der Waals surface area contributed by atoms with Crippen molar-refractivity contribution in [2.75, 3.05) is 11.5 Å². The van der Waals surface area contributed by atoms with Gasteiger partial charge in [0.2, 0.25) is 0 Å². The normalized spacial score (nSPS) is 10.9. The number of imidazole rings is 1. The second-order valence-electron chi connectivity index (χ2n) is 4.24. The predicted octanol–water partition coefficient (Wildman–Crippen LogP) is 2.87. The second-order valence-corrected chi connectivity index (χ2v) is 5.41. The smallest absolute Gasteiger partial charge is 0.108 e. The van der Waals surface area contributed by atoms with Gasteiger partial charge >= 0.3 is 0 Å². The van der Waals surface area contributed by atoms with Crippen molar-refractivity contribution in [2.45, 2.75) is 11.3 Å². The lowest BCUT2D eigenvalue weighted by Gasteiger charge is -1.98. The average Bonchev–Trinajstić information content (AvgIpc) is 2.82. The molecular weight excluding hydrogens is 256 g/mol. The van der Waals surface area contributed by atoms with Gasteiger partial charge in [-0.15, -0.1) is 11.8 Å². The molecule has 0 saturated heterocycles. The number of benzene rings is 1. The number of anilines is 1. The molecule has 0 atom stereocenters. The van der Waals surface area contributed by atoms with Gasteiger partial charge in [-0.1, -0.05) is 0 Å². The van der Waals surface area contributed by atoms with Crippen molar-refractivity contribution in [3.05, 3.63) is 48.5 Å². The van der Waals surface area contributed by atoms with Crippen LogP contribution in [-0.4, -0.2) is 20.7 Å². The zero-order chi connectivity index (χ0) is 13.1. The minimum Gasteiger partial charge on any atom is -0.399 e. The quantitative estimate of drug-likeness (QED) is 0.565. The fourth-order valence-corrected chi connectivity index (χ4v) is 2.74. The average molecular weight is 270 g/mol. The Kier molecular flexibility index (Phi) is 3.37. The lowest BCUT2D eigenvalue weighted by Crippen LogP contribution is -1.90. The predicted molar refractivity (Wildman–Crippen MR) is 79.2 cm³/mol. The number of thioether (sulfide) groups is 1. The minimum atomic E-state index is 0.758. The summed E-state index contributed by atoms with van der Waals surface area (Å²) < 4.78 is 0. The van der Waals surface area contributed by atoms with E-state index in [1.807, 2.05) is 42.7 Å². The van der Waals surface area contributed by atoms with Gasteiger partial charge in [-0.3, -0.25) is 4.98 Å². The van der Waals surface area contributed by atoms with Crippen LogP contribution < -0.4 is 5.73 Å². The molecule has 0 unspecified atom stereocenters. The lowest BCUT2D eigenvalue weighted by atomic mass is 10.3. The molecular formula is C14H14N4S. The molecule has 2 heterocycles. The third kappa shape index (κ3) is 2.88. The van der Waals surface area contributed by atoms with Crippen molar-refractivity contribution >= 4 is 28.5 Å². The van der Waals surface area contributed by atoms with E-state index in [4.69, 9.17) is 5.73 Å². The fraction of sp³-hybridized carbons (Fsp3) is 0.143. The van der Waals surface area contributed by atoms with Crippen LogP contribution in [-0.2, 0) is 6.42 Å². The van der Waals surface area contributed by atoms with Gasteiger partial charge in [-0.2, -0.15) is 0 Å². The third-order valence-corrected chi connectivity index (χ3v) is 3.83. The molecule has 4 nitrogen and oxygen atoms in total. The Bertz CT molecular complexity index is 678. The maximum atomic E-state index is 5.75. The van der Waals surface area contributed by atoms with Gasteiger partial charge in [0.15, 0.2) is 0 Å². The Morgan fingerprint density at radius 2 is 2.00 bits per heavy atom. The highest BCUT2D eigenvalue weighted by Gasteiger charge is 2.03. The molecule has 96 valence electrons. The highest BCUT2D eigenvalue weighted by Crippen LogP contribution is 2.19. The molecule has 0 spiro atoms. The molecule has 0 saturated carbocycles. The van der Waals surface area contributed by atoms with Crippen molar-refractivity contribution in [3.63, 3.8) is 0 Å². The lowest BCUT2D eigenvalue weighted by molar-refractivity contribution is 1.01. The fourth-order valence-electron chi connectivity index (χ4n) is 1.90. The molecule has 0 amide bonds. The van der Waals surface area contributed by atoms with Crippen molar-refractivity contribution in [1.29, 1.82) is 0 Å². The first-order valence-electron chi connectivity index (χ1n) is 6.08. The standard InChI is InChI=1S/C14H14N4S/c15-10-1-2-12-13(9-10)18-14(17-12)5-8-19-11-3-6-16-7-4-11/h1-4,6-7,9H,5,8,15H2,(H,17,18). The summed E-state index contributed by atoms with van der Waals surface area (Å²) in [5, 5.41) is 0. The summed E-state index contributed by atoms with van der Waals surface area (Å²) >= 11 is 1.80. The number of nitrogens with two attached hydrogens (primary N) is 1. The van der Waals surface area contributed by atoms with E-state index >= 15 is 0 Å². The van der Waals surface area contributed by atoms with Gasteiger partial charge in [-0.25, -0.2) is 4.98 Å². The number of aryl methyl sites for hydroxylation is 1. The van der Waals surface area contributed by atoms with Crippen LogP contribution in [0.2, 0.25) is 0 Å². The number of aromatic nitrogens is 3. The van der Waals surface area contributed by atoms with Crippen molar-refractivity contribution < 1.29 is 0 Å². The van der Waals surface area contributed by atoms with E-state index in [0.29, 0.717) is 0 Å². The summed E-state index contributed by atoms with van der Waals surface area (Å²) in [6.07, 6.45) is 4.53. The molecule has 3 rings (SSSR count). The maximum Gasteiger partial charge on any atom is 0.108 e. The summed E-state index contributed by atoms with van der Waals surface area (Å²) in [5.41, 5.74) is 8.48. The summed E-state index contributed by atoms with van der Waals surface area (Å²) in [6.45, 7) is 0. The monoisotopic (exact) mass is 270 g/mol. The summed E-state index contributed by atoms with van der Waals surface area (Å²) in [7, 11) is 0. The highest BCUT2D eigenvalue weighted by atomic mass is 32.2. The number of fused-ring (bicyclic) bond motifs is 1. The summed E-state index contributed by atoms with van der Waals surface area (Å²) in [6, 6.07) is 9.77. The number of H-pyrrole nitrogens is 1. The topological polar surface area (TPSA) is 67.6 Å². The summed E-state index contributed by atoms with van der Waals surface area (Å²) in [5.74, 6) is 1.99. The Morgan fingerprint density at radius 1 is 1.16 bits per heavy atom. The molecule has 2 aromatic heterocycles. The number of aromatic amines is 1. The Balaban J connectivity index is 1.65. The molecule has 0 aliphatic carbocycles. The molecule has 3 N–H and O–H groups in total. The van der Waals surface area contributed by atoms with Gasteiger partial charge in [0.1, 0.15) is 5.82 Å². The van der Waals surface area contributed by atoms with Gasteiger partial charge < -0.3 is 10.7 Å². The summed E-state index contributed by atoms with van der Waals surface area (Å²) in [4.78, 5) is 13.1. The first kappa shape index (κ1) is 12.0. The van der Waals surface area contributed by atoms with Crippen molar-refractivity contribution in [1.82, 2.24) is 15.0 Å². The molecule has 1 aromatic carbocycles. The number of nitrogens with zero attached hydrogens (tertiary/aromatic N) is 2.